The lowest BCUT2D eigenvalue weighted by Crippen LogP contribution is -2.53. The van der Waals surface area contributed by atoms with E-state index in [4.69, 9.17) is 0 Å². The number of aromatic nitrogens is 3. The maximum atomic E-state index is 12.8. The molecule has 0 radical (unpaired) electrons. The molecule has 2 rings (SSSR count). The Morgan fingerprint density at radius 1 is 1.32 bits per heavy atom. The molecule has 0 saturated carbocycles. The van der Waals surface area contributed by atoms with Crippen molar-refractivity contribution in [2.24, 2.45) is 12.5 Å². The molecule has 1 aromatic rings. The number of rotatable bonds is 3. The lowest BCUT2D eigenvalue weighted by atomic mass is 9.93. The second kappa shape index (κ2) is 7.14. The molecule has 1 amide bonds. The van der Waals surface area contributed by atoms with Crippen LogP contribution < -0.4 is 4.90 Å². The summed E-state index contributed by atoms with van der Waals surface area (Å²) in [5.74, 6) is 1.81. The van der Waals surface area contributed by atoms with Gasteiger partial charge in [0.2, 0.25) is 11.9 Å². The SMILES string of the molecule is Cc1nnc(N(C)C2CCCN(CC(C)(C)C)C2=O)n1C.I. The molecule has 2 heterocycles. The van der Waals surface area contributed by atoms with Gasteiger partial charge >= 0.3 is 0 Å². The molecule has 126 valence electrons. The van der Waals surface area contributed by atoms with Crippen LogP contribution in [0.1, 0.15) is 39.4 Å². The smallest absolute Gasteiger partial charge is 0.245 e. The average molecular weight is 421 g/mol. The Morgan fingerprint density at radius 3 is 2.45 bits per heavy atom. The fourth-order valence-corrected chi connectivity index (χ4v) is 2.85. The summed E-state index contributed by atoms with van der Waals surface area (Å²) in [5.41, 5.74) is 0.123. The summed E-state index contributed by atoms with van der Waals surface area (Å²) in [6, 6.07) is -0.136. The number of halogens is 1. The van der Waals surface area contributed by atoms with E-state index in [-0.39, 0.29) is 41.3 Å². The van der Waals surface area contributed by atoms with Gasteiger partial charge in [0, 0.05) is 27.2 Å². The number of carbonyl (C=O) groups excluding carboxylic acids is 1. The standard InChI is InChI=1S/C15H27N5O.HI/c1-11-16-17-14(18(11)5)19(6)12-8-7-9-20(13(12)21)10-15(2,3)4;/h12H,7-10H2,1-6H3;1H. The number of anilines is 1. The molecule has 1 aliphatic heterocycles. The lowest BCUT2D eigenvalue weighted by Gasteiger charge is -2.39. The number of likely N-dealkylation sites (tertiary alicyclic amines) is 1. The van der Waals surface area contributed by atoms with E-state index in [0.29, 0.717) is 0 Å². The van der Waals surface area contributed by atoms with Gasteiger partial charge < -0.3 is 14.4 Å². The first-order valence-corrected chi connectivity index (χ1v) is 7.58. The van der Waals surface area contributed by atoms with E-state index in [9.17, 15) is 4.79 Å². The largest absolute Gasteiger partial charge is 0.340 e. The molecule has 6 nitrogen and oxygen atoms in total. The van der Waals surface area contributed by atoms with Crippen LogP contribution in [0.3, 0.4) is 0 Å². The molecule has 1 saturated heterocycles. The van der Waals surface area contributed by atoms with E-state index in [1.807, 2.05) is 35.4 Å². The van der Waals surface area contributed by atoms with Crippen LogP contribution in [0.15, 0.2) is 0 Å². The highest BCUT2D eigenvalue weighted by atomic mass is 127. The molecule has 22 heavy (non-hydrogen) atoms. The minimum absolute atomic E-state index is 0. The summed E-state index contributed by atoms with van der Waals surface area (Å²) in [5, 5.41) is 8.27. The summed E-state index contributed by atoms with van der Waals surface area (Å²) in [6.07, 6.45) is 1.91. The number of nitrogens with zero attached hydrogens (tertiary/aromatic N) is 5. The fourth-order valence-electron chi connectivity index (χ4n) is 2.85. The third kappa shape index (κ3) is 4.11. The Bertz CT molecular complexity index is 522. The first-order valence-electron chi connectivity index (χ1n) is 7.58. The maximum absolute atomic E-state index is 12.8. The molecular formula is C15H28IN5O. The van der Waals surface area contributed by atoms with Gasteiger partial charge in [0.15, 0.2) is 0 Å². The van der Waals surface area contributed by atoms with Crippen molar-refractivity contribution in [3.63, 3.8) is 0 Å². The zero-order valence-corrected chi connectivity index (χ0v) is 16.8. The van der Waals surface area contributed by atoms with Crippen LogP contribution in [0.5, 0.6) is 0 Å². The van der Waals surface area contributed by atoms with Gasteiger partial charge in [-0.15, -0.1) is 34.2 Å². The monoisotopic (exact) mass is 421 g/mol. The molecule has 0 aliphatic carbocycles. The third-order valence-corrected chi connectivity index (χ3v) is 4.02. The average Bonchev–Trinajstić information content (AvgIpc) is 2.70. The Morgan fingerprint density at radius 2 is 1.95 bits per heavy atom. The summed E-state index contributed by atoms with van der Waals surface area (Å²) in [4.78, 5) is 16.7. The van der Waals surface area contributed by atoms with Crippen molar-refractivity contribution in [3.8, 4) is 0 Å². The molecule has 1 aliphatic rings. The summed E-state index contributed by atoms with van der Waals surface area (Å²) in [6.45, 7) is 10.1. The van der Waals surface area contributed by atoms with Crippen LogP contribution in [-0.2, 0) is 11.8 Å². The first kappa shape index (κ1) is 19.2. The molecule has 0 aromatic carbocycles. The number of carbonyl (C=O) groups is 1. The van der Waals surface area contributed by atoms with Crippen molar-refractivity contribution in [2.45, 2.75) is 46.6 Å². The highest BCUT2D eigenvalue weighted by Gasteiger charge is 2.34. The summed E-state index contributed by atoms with van der Waals surface area (Å²) >= 11 is 0. The van der Waals surface area contributed by atoms with Crippen molar-refractivity contribution in [2.75, 3.05) is 25.0 Å². The molecule has 1 unspecified atom stereocenters. The van der Waals surface area contributed by atoms with Crippen molar-refractivity contribution < 1.29 is 4.79 Å². The van der Waals surface area contributed by atoms with E-state index < -0.39 is 0 Å². The maximum Gasteiger partial charge on any atom is 0.245 e. The predicted octanol–water partition coefficient (Wildman–Crippen LogP) is 2.21. The zero-order valence-electron chi connectivity index (χ0n) is 14.5. The molecular weight excluding hydrogens is 393 g/mol. The molecule has 7 heteroatoms. The van der Waals surface area contributed by atoms with Crippen molar-refractivity contribution >= 4 is 35.8 Å². The topological polar surface area (TPSA) is 54.3 Å². The fraction of sp³-hybridized carbons (Fsp3) is 0.800. The number of amides is 1. The molecule has 1 aromatic heterocycles. The first-order chi connectivity index (χ1) is 9.70. The van der Waals surface area contributed by atoms with Crippen molar-refractivity contribution in [1.29, 1.82) is 0 Å². The van der Waals surface area contributed by atoms with Gasteiger partial charge in [0.1, 0.15) is 11.9 Å². The number of hydrogen-bond acceptors (Lipinski definition) is 4. The van der Waals surface area contributed by atoms with E-state index in [1.165, 1.54) is 0 Å². The van der Waals surface area contributed by atoms with Gasteiger partial charge in [-0.05, 0) is 25.2 Å². The highest BCUT2D eigenvalue weighted by Crippen LogP contribution is 2.24. The molecule has 1 atom stereocenters. The summed E-state index contributed by atoms with van der Waals surface area (Å²) < 4.78 is 1.93. The van der Waals surface area contributed by atoms with Crippen LogP contribution in [0.2, 0.25) is 0 Å². The van der Waals surface area contributed by atoms with E-state index in [2.05, 4.69) is 31.0 Å². The number of piperidine rings is 1. The van der Waals surface area contributed by atoms with Crippen LogP contribution in [-0.4, -0.2) is 51.8 Å². The number of likely N-dealkylation sites (N-methyl/N-ethyl adjacent to an activating group) is 1. The molecule has 1 fully saturated rings. The Kier molecular flexibility index (Phi) is 6.23. The van der Waals surface area contributed by atoms with Gasteiger partial charge in [-0.25, -0.2) is 0 Å². The molecule has 0 spiro atoms. The number of hydrogen-bond donors (Lipinski definition) is 0. The minimum Gasteiger partial charge on any atom is -0.340 e. The van der Waals surface area contributed by atoms with Gasteiger partial charge in [0.05, 0.1) is 0 Å². The molecule has 0 N–H and O–H groups in total. The quantitative estimate of drug-likeness (QED) is 0.703. The normalized spacial score (nSPS) is 19.1. The number of aryl methyl sites for hydroxylation is 1. The van der Waals surface area contributed by atoms with Gasteiger partial charge in [0.25, 0.3) is 0 Å². The van der Waals surface area contributed by atoms with Crippen LogP contribution >= 0.6 is 24.0 Å². The third-order valence-electron chi connectivity index (χ3n) is 4.02. The second-order valence-corrected chi connectivity index (χ2v) is 7.20. The Labute approximate surface area is 150 Å². The summed E-state index contributed by atoms with van der Waals surface area (Å²) in [7, 11) is 3.87. The Hall–Kier alpha value is -0.860. The van der Waals surface area contributed by atoms with E-state index in [0.717, 1.165) is 37.7 Å². The lowest BCUT2D eigenvalue weighted by molar-refractivity contribution is -0.136. The zero-order chi connectivity index (χ0) is 15.8. The predicted molar refractivity (Wildman–Crippen MR) is 98.6 cm³/mol. The van der Waals surface area contributed by atoms with Crippen LogP contribution in [0.25, 0.3) is 0 Å². The van der Waals surface area contributed by atoms with Crippen LogP contribution in [0, 0.1) is 12.3 Å². The van der Waals surface area contributed by atoms with E-state index >= 15 is 0 Å². The Balaban J connectivity index is 0.00000242. The van der Waals surface area contributed by atoms with E-state index in [1.54, 1.807) is 0 Å². The van der Waals surface area contributed by atoms with Crippen molar-refractivity contribution in [1.82, 2.24) is 19.7 Å². The van der Waals surface area contributed by atoms with Gasteiger partial charge in [-0.2, -0.15) is 0 Å². The van der Waals surface area contributed by atoms with Crippen LogP contribution in [0.4, 0.5) is 5.95 Å². The minimum atomic E-state index is -0.136. The van der Waals surface area contributed by atoms with Gasteiger partial charge in [-0.1, -0.05) is 20.8 Å². The second-order valence-electron chi connectivity index (χ2n) is 7.20. The highest BCUT2D eigenvalue weighted by molar-refractivity contribution is 14.0. The molecule has 0 bridgehead atoms. The van der Waals surface area contributed by atoms with Crippen molar-refractivity contribution in [3.05, 3.63) is 5.82 Å². The van der Waals surface area contributed by atoms with Gasteiger partial charge in [-0.3, -0.25) is 4.79 Å².